The molecule has 0 aromatic heterocycles. The van der Waals surface area contributed by atoms with E-state index in [-0.39, 0.29) is 36.8 Å². The molecule has 0 radical (unpaired) electrons. The number of carboxylic acid groups (broad SMARTS) is 1. The van der Waals surface area contributed by atoms with E-state index in [1.807, 2.05) is 0 Å². The maximum Gasteiger partial charge on any atom is 0.328 e. The molecule has 0 aliphatic carbocycles. The van der Waals surface area contributed by atoms with Crippen LogP contribution in [0.4, 0.5) is 8.78 Å². The van der Waals surface area contributed by atoms with Gasteiger partial charge in [0.05, 0.1) is 13.2 Å². The number of carboxylic acids is 1. The lowest BCUT2D eigenvalue weighted by atomic mass is 10.1. The summed E-state index contributed by atoms with van der Waals surface area (Å²) in [5.74, 6) is -3.03. The number of hydrogen-bond donors (Lipinski definition) is 1. The molecule has 1 heterocycles. The van der Waals surface area contributed by atoms with E-state index >= 15 is 0 Å². The smallest absolute Gasteiger partial charge is 0.328 e. The van der Waals surface area contributed by atoms with Crippen LogP contribution in [0, 0.1) is 11.6 Å². The molecule has 1 aliphatic rings. The summed E-state index contributed by atoms with van der Waals surface area (Å²) in [6.07, 6.45) is 0. The predicted octanol–water partition coefficient (Wildman–Crippen LogP) is 2.68. The number of ether oxygens (including phenoxy) is 2. The van der Waals surface area contributed by atoms with Crippen molar-refractivity contribution in [2.75, 3.05) is 19.8 Å². The van der Waals surface area contributed by atoms with Crippen LogP contribution in [0.25, 0.3) is 0 Å². The Hall–Kier alpha value is -3.00. The fraction of sp³-hybridized carbons (Fsp3) is 0.222. The van der Waals surface area contributed by atoms with E-state index in [9.17, 15) is 23.5 Å². The number of amides is 1. The van der Waals surface area contributed by atoms with Gasteiger partial charge >= 0.3 is 5.97 Å². The van der Waals surface area contributed by atoms with Crippen LogP contribution in [-0.4, -0.2) is 47.7 Å². The van der Waals surface area contributed by atoms with Crippen LogP contribution in [0.15, 0.2) is 42.5 Å². The van der Waals surface area contributed by atoms with Crippen molar-refractivity contribution in [1.29, 1.82) is 0 Å². The van der Waals surface area contributed by atoms with Crippen molar-refractivity contribution in [3.8, 4) is 11.5 Å². The molecular formula is C18H15F2NO5. The Labute approximate surface area is 147 Å². The Bertz CT molecular complexity index is 825. The van der Waals surface area contributed by atoms with E-state index in [1.165, 1.54) is 29.2 Å². The molecule has 1 saturated heterocycles. The zero-order chi connectivity index (χ0) is 18.7. The molecule has 0 spiro atoms. The Kier molecular flexibility index (Phi) is 5.13. The minimum Gasteiger partial charge on any atom is -0.480 e. The first-order valence-electron chi connectivity index (χ1n) is 7.80. The number of rotatable bonds is 4. The molecule has 1 fully saturated rings. The van der Waals surface area contributed by atoms with Crippen LogP contribution in [-0.2, 0) is 9.53 Å². The minimum absolute atomic E-state index is 0.0634. The van der Waals surface area contributed by atoms with Gasteiger partial charge in [0.1, 0.15) is 11.6 Å². The summed E-state index contributed by atoms with van der Waals surface area (Å²) in [5, 5.41) is 9.20. The number of aliphatic carboxylic acids is 1. The molecule has 26 heavy (non-hydrogen) atoms. The third kappa shape index (κ3) is 3.80. The number of nitrogens with zero attached hydrogens (tertiary/aromatic N) is 1. The quantitative estimate of drug-likeness (QED) is 0.904. The fourth-order valence-electron chi connectivity index (χ4n) is 2.57. The molecule has 2 aromatic rings. The molecule has 3 rings (SSSR count). The van der Waals surface area contributed by atoms with Gasteiger partial charge in [0.25, 0.3) is 5.91 Å². The predicted molar refractivity (Wildman–Crippen MR) is 86.2 cm³/mol. The van der Waals surface area contributed by atoms with Gasteiger partial charge in [-0.15, -0.1) is 0 Å². The van der Waals surface area contributed by atoms with Crippen LogP contribution in [0.2, 0.25) is 0 Å². The van der Waals surface area contributed by atoms with E-state index in [0.29, 0.717) is 6.07 Å². The highest BCUT2D eigenvalue weighted by Gasteiger charge is 2.33. The molecule has 136 valence electrons. The van der Waals surface area contributed by atoms with Crippen molar-refractivity contribution in [3.63, 3.8) is 0 Å². The lowest BCUT2D eigenvalue weighted by molar-refractivity contribution is -0.147. The standard InChI is InChI=1S/C18H15F2NO5/c19-12-3-6-16(14(20)9-12)26-13-4-1-11(2-5-13)17(22)21-7-8-25-10-15(21)18(23)24/h1-6,9,15H,7-8,10H2,(H,23,24)/t15-/m1/s1. The van der Waals surface area contributed by atoms with Crippen molar-refractivity contribution >= 4 is 11.9 Å². The maximum absolute atomic E-state index is 13.6. The number of morpholine rings is 1. The van der Waals surface area contributed by atoms with E-state index in [2.05, 4.69) is 0 Å². The zero-order valence-corrected chi connectivity index (χ0v) is 13.5. The first kappa shape index (κ1) is 17.8. The molecule has 6 nitrogen and oxygen atoms in total. The van der Waals surface area contributed by atoms with Gasteiger partial charge in [0, 0.05) is 18.2 Å². The summed E-state index contributed by atoms with van der Waals surface area (Å²) in [4.78, 5) is 25.0. The first-order valence-corrected chi connectivity index (χ1v) is 7.80. The molecule has 0 saturated carbocycles. The molecular weight excluding hydrogens is 348 g/mol. The van der Waals surface area contributed by atoms with Gasteiger partial charge in [-0.2, -0.15) is 0 Å². The largest absolute Gasteiger partial charge is 0.480 e. The van der Waals surface area contributed by atoms with Crippen molar-refractivity contribution in [1.82, 2.24) is 4.90 Å². The van der Waals surface area contributed by atoms with Gasteiger partial charge in [-0.05, 0) is 36.4 Å². The van der Waals surface area contributed by atoms with Crippen molar-refractivity contribution < 1.29 is 33.0 Å². The summed E-state index contributed by atoms with van der Waals surface area (Å²) in [5.41, 5.74) is 0.269. The second-order valence-corrected chi connectivity index (χ2v) is 5.63. The van der Waals surface area contributed by atoms with Crippen molar-refractivity contribution in [2.24, 2.45) is 0 Å². The minimum atomic E-state index is -1.13. The average Bonchev–Trinajstić information content (AvgIpc) is 2.64. The summed E-state index contributed by atoms with van der Waals surface area (Å²) < 4.78 is 36.9. The molecule has 1 atom stereocenters. The van der Waals surface area contributed by atoms with Crippen LogP contribution in [0.3, 0.4) is 0 Å². The molecule has 1 amide bonds. The van der Waals surface area contributed by atoms with E-state index in [0.717, 1.165) is 12.1 Å². The average molecular weight is 363 g/mol. The Morgan fingerprint density at radius 3 is 2.54 bits per heavy atom. The number of hydrogen-bond acceptors (Lipinski definition) is 4. The van der Waals surface area contributed by atoms with Gasteiger partial charge in [-0.25, -0.2) is 13.6 Å². The maximum atomic E-state index is 13.6. The first-order chi connectivity index (χ1) is 12.5. The van der Waals surface area contributed by atoms with Crippen LogP contribution in [0.1, 0.15) is 10.4 Å². The Balaban J connectivity index is 1.74. The Morgan fingerprint density at radius 2 is 1.88 bits per heavy atom. The monoisotopic (exact) mass is 363 g/mol. The summed E-state index contributed by atoms with van der Waals surface area (Å²) in [7, 11) is 0. The highest BCUT2D eigenvalue weighted by molar-refractivity contribution is 5.96. The third-order valence-corrected chi connectivity index (χ3v) is 3.90. The number of benzene rings is 2. The normalized spacial score (nSPS) is 17.0. The fourth-order valence-corrected chi connectivity index (χ4v) is 2.57. The topological polar surface area (TPSA) is 76.1 Å². The molecule has 0 bridgehead atoms. The van der Waals surface area contributed by atoms with E-state index in [4.69, 9.17) is 9.47 Å². The highest BCUT2D eigenvalue weighted by atomic mass is 19.1. The Morgan fingerprint density at radius 1 is 1.15 bits per heavy atom. The molecule has 2 aromatic carbocycles. The molecule has 1 N–H and O–H groups in total. The van der Waals surface area contributed by atoms with E-state index in [1.54, 1.807) is 0 Å². The van der Waals surface area contributed by atoms with Crippen LogP contribution in [0.5, 0.6) is 11.5 Å². The summed E-state index contributed by atoms with van der Waals surface area (Å²) >= 11 is 0. The zero-order valence-electron chi connectivity index (χ0n) is 13.5. The summed E-state index contributed by atoms with van der Waals surface area (Å²) in [6, 6.07) is 7.70. The van der Waals surface area contributed by atoms with Gasteiger partial charge in [-0.1, -0.05) is 0 Å². The third-order valence-electron chi connectivity index (χ3n) is 3.90. The summed E-state index contributed by atoms with van der Waals surface area (Å²) in [6.45, 7) is 0.377. The van der Waals surface area contributed by atoms with Crippen LogP contribution >= 0.6 is 0 Å². The molecule has 0 unspecified atom stereocenters. The highest BCUT2D eigenvalue weighted by Crippen LogP contribution is 2.25. The second-order valence-electron chi connectivity index (χ2n) is 5.63. The van der Waals surface area contributed by atoms with Gasteiger partial charge in [-0.3, -0.25) is 4.79 Å². The number of halogens is 2. The lowest BCUT2D eigenvalue weighted by Crippen LogP contribution is -2.52. The van der Waals surface area contributed by atoms with Gasteiger partial charge in [0.15, 0.2) is 17.6 Å². The van der Waals surface area contributed by atoms with Crippen molar-refractivity contribution in [3.05, 3.63) is 59.7 Å². The van der Waals surface area contributed by atoms with Crippen molar-refractivity contribution in [2.45, 2.75) is 6.04 Å². The van der Waals surface area contributed by atoms with Gasteiger partial charge < -0.3 is 19.5 Å². The number of carbonyl (C=O) groups excluding carboxylic acids is 1. The second kappa shape index (κ2) is 7.49. The van der Waals surface area contributed by atoms with Crippen LogP contribution < -0.4 is 4.74 Å². The molecule has 8 heteroatoms. The van der Waals surface area contributed by atoms with E-state index < -0.39 is 29.6 Å². The molecule has 1 aliphatic heterocycles. The lowest BCUT2D eigenvalue weighted by Gasteiger charge is -2.32. The number of carbonyl (C=O) groups is 2. The van der Waals surface area contributed by atoms with Gasteiger partial charge in [0.2, 0.25) is 0 Å². The SMILES string of the molecule is O=C(O)[C@H]1COCCN1C(=O)c1ccc(Oc2ccc(F)cc2F)cc1.